The number of hydrogen-bond donors (Lipinski definition) is 1. The highest BCUT2D eigenvalue weighted by atomic mass is 35.5. The summed E-state index contributed by atoms with van der Waals surface area (Å²) in [6.07, 6.45) is 0. The zero-order chi connectivity index (χ0) is 11.7. The molecule has 0 aliphatic heterocycles. The molecule has 2 rings (SSSR count). The Morgan fingerprint density at radius 1 is 1.25 bits per heavy atom. The van der Waals surface area contributed by atoms with E-state index in [1.165, 1.54) is 10.9 Å². The van der Waals surface area contributed by atoms with E-state index in [4.69, 9.17) is 16.7 Å². The van der Waals surface area contributed by atoms with E-state index < -0.39 is 5.97 Å². The van der Waals surface area contributed by atoms with E-state index in [0.717, 1.165) is 11.1 Å². The van der Waals surface area contributed by atoms with Crippen LogP contribution in [0.1, 0.15) is 15.2 Å². The number of thiophene rings is 1. The van der Waals surface area contributed by atoms with Gasteiger partial charge in [0.25, 0.3) is 0 Å². The first-order valence-electron chi connectivity index (χ1n) is 4.65. The van der Waals surface area contributed by atoms with E-state index in [9.17, 15) is 4.79 Å². The highest BCUT2D eigenvalue weighted by Crippen LogP contribution is 2.28. The summed E-state index contributed by atoms with van der Waals surface area (Å²) in [4.78, 5) is 12.1. The molecule has 2 aromatic rings. The van der Waals surface area contributed by atoms with Crippen LogP contribution in [-0.4, -0.2) is 11.1 Å². The average molecular weight is 253 g/mol. The van der Waals surface area contributed by atoms with Gasteiger partial charge in [-0.2, -0.15) is 0 Å². The second kappa shape index (κ2) is 4.28. The second-order valence-corrected chi connectivity index (χ2v) is 5.03. The van der Waals surface area contributed by atoms with E-state index in [1.54, 1.807) is 23.5 Å². The summed E-state index contributed by atoms with van der Waals surface area (Å²) < 4.78 is 0. The first-order valence-corrected chi connectivity index (χ1v) is 5.91. The van der Waals surface area contributed by atoms with Gasteiger partial charge < -0.3 is 5.11 Å². The van der Waals surface area contributed by atoms with E-state index >= 15 is 0 Å². The lowest BCUT2D eigenvalue weighted by Crippen LogP contribution is -1.96. The molecule has 0 unspecified atom stereocenters. The number of carboxylic acids is 1. The maximum Gasteiger partial charge on any atom is 0.335 e. The maximum absolute atomic E-state index is 10.9. The number of hydrogen-bond acceptors (Lipinski definition) is 2. The molecular formula is C12H9ClO2S. The number of carboxylic acid groups (broad SMARTS) is 1. The van der Waals surface area contributed by atoms with Crippen LogP contribution in [0.15, 0.2) is 29.6 Å². The predicted octanol–water partition coefficient (Wildman–Crippen LogP) is 4.08. The van der Waals surface area contributed by atoms with Gasteiger partial charge in [0.05, 0.1) is 5.56 Å². The molecule has 0 aliphatic rings. The molecule has 1 aromatic carbocycles. The van der Waals surface area contributed by atoms with Crippen LogP contribution in [0.4, 0.5) is 0 Å². The maximum atomic E-state index is 10.9. The average Bonchev–Trinajstić information content (AvgIpc) is 2.64. The number of benzene rings is 1. The summed E-state index contributed by atoms with van der Waals surface area (Å²) in [6.45, 7) is 2.01. The van der Waals surface area contributed by atoms with Crippen LogP contribution in [0.25, 0.3) is 11.1 Å². The van der Waals surface area contributed by atoms with Crippen molar-refractivity contribution < 1.29 is 9.90 Å². The molecule has 1 N–H and O–H groups in total. The Morgan fingerprint density at radius 2 is 2.00 bits per heavy atom. The van der Waals surface area contributed by atoms with Crippen molar-refractivity contribution >= 4 is 28.9 Å². The fourth-order valence-electron chi connectivity index (χ4n) is 1.47. The summed E-state index contributed by atoms with van der Waals surface area (Å²) >= 11 is 7.52. The van der Waals surface area contributed by atoms with Crippen LogP contribution in [0.3, 0.4) is 0 Å². The van der Waals surface area contributed by atoms with Crippen molar-refractivity contribution in [2.24, 2.45) is 0 Å². The van der Waals surface area contributed by atoms with Crippen molar-refractivity contribution in [3.05, 3.63) is 45.1 Å². The van der Waals surface area contributed by atoms with Gasteiger partial charge in [-0.25, -0.2) is 4.79 Å². The third-order valence-electron chi connectivity index (χ3n) is 2.21. The molecule has 0 radical (unpaired) electrons. The summed E-state index contributed by atoms with van der Waals surface area (Å²) in [7, 11) is 0. The molecule has 2 nitrogen and oxygen atoms in total. The highest BCUT2D eigenvalue weighted by molar-refractivity contribution is 7.10. The van der Waals surface area contributed by atoms with Crippen molar-refractivity contribution in [2.75, 3.05) is 0 Å². The summed E-state index contributed by atoms with van der Waals surface area (Å²) in [5.41, 5.74) is 2.06. The topological polar surface area (TPSA) is 37.3 Å². The van der Waals surface area contributed by atoms with Gasteiger partial charge in [0.1, 0.15) is 0 Å². The smallest absolute Gasteiger partial charge is 0.335 e. The van der Waals surface area contributed by atoms with E-state index in [2.05, 4.69) is 0 Å². The standard InChI is InChI=1S/C12H9ClO2S/c1-7-2-10(6-16-7)8-3-9(12(14)15)5-11(13)4-8/h2-6H,1H3,(H,14,15). The van der Waals surface area contributed by atoms with Gasteiger partial charge in [-0.1, -0.05) is 11.6 Å². The van der Waals surface area contributed by atoms with Crippen LogP contribution < -0.4 is 0 Å². The Morgan fingerprint density at radius 3 is 2.56 bits per heavy atom. The Balaban J connectivity index is 2.53. The predicted molar refractivity (Wildman–Crippen MR) is 66.5 cm³/mol. The van der Waals surface area contributed by atoms with Crippen LogP contribution in [-0.2, 0) is 0 Å². The molecule has 82 valence electrons. The SMILES string of the molecule is Cc1cc(-c2cc(Cl)cc(C(=O)O)c2)cs1. The molecule has 0 saturated heterocycles. The van der Waals surface area contributed by atoms with Crippen LogP contribution in [0, 0.1) is 6.92 Å². The van der Waals surface area contributed by atoms with E-state index in [0.29, 0.717) is 5.02 Å². The summed E-state index contributed by atoms with van der Waals surface area (Å²) in [5, 5.41) is 11.4. The number of aromatic carboxylic acids is 1. The molecule has 0 bridgehead atoms. The zero-order valence-electron chi connectivity index (χ0n) is 8.53. The molecule has 1 aromatic heterocycles. The van der Waals surface area contributed by atoms with Gasteiger partial charge in [0.15, 0.2) is 0 Å². The van der Waals surface area contributed by atoms with E-state index in [-0.39, 0.29) is 5.56 Å². The van der Waals surface area contributed by atoms with Crippen molar-refractivity contribution in [3.63, 3.8) is 0 Å². The van der Waals surface area contributed by atoms with Crippen LogP contribution >= 0.6 is 22.9 Å². The Hall–Kier alpha value is -1.32. The molecule has 0 spiro atoms. The fourth-order valence-corrected chi connectivity index (χ4v) is 2.42. The first kappa shape index (κ1) is 11.2. The Kier molecular flexibility index (Phi) is 2.99. The van der Waals surface area contributed by atoms with Gasteiger partial charge in [-0.15, -0.1) is 11.3 Å². The Labute approximate surface area is 102 Å². The van der Waals surface area contributed by atoms with Crippen molar-refractivity contribution in [3.8, 4) is 11.1 Å². The molecule has 0 aliphatic carbocycles. The number of aryl methyl sites for hydroxylation is 1. The van der Waals surface area contributed by atoms with Gasteiger partial charge in [0.2, 0.25) is 0 Å². The molecule has 0 saturated carbocycles. The number of rotatable bonds is 2. The minimum absolute atomic E-state index is 0.214. The van der Waals surface area contributed by atoms with Crippen molar-refractivity contribution in [1.29, 1.82) is 0 Å². The normalized spacial score (nSPS) is 10.4. The minimum Gasteiger partial charge on any atom is -0.478 e. The molecule has 1 heterocycles. The lowest BCUT2D eigenvalue weighted by molar-refractivity contribution is 0.0697. The van der Waals surface area contributed by atoms with Crippen molar-refractivity contribution in [2.45, 2.75) is 6.92 Å². The molecule has 0 amide bonds. The summed E-state index contributed by atoms with van der Waals surface area (Å²) in [6, 6.07) is 6.87. The molecule has 0 atom stereocenters. The quantitative estimate of drug-likeness (QED) is 0.875. The van der Waals surface area contributed by atoms with Gasteiger partial charge >= 0.3 is 5.97 Å². The van der Waals surface area contributed by atoms with Crippen LogP contribution in [0.2, 0.25) is 5.02 Å². The third kappa shape index (κ3) is 2.26. The monoisotopic (exact) mass is 252 g/mol. The largest absolute Gasteiger partial charge is 0.478 e. The fraction of sp³-hybridized carbons (Fsp3) is 0.0833. The molecule has 4 heteroatoms. The molecule has 0 fully saturated rings. The first-order chi connectivity index (χ1) is 7.56. The third-order valence-corrected chi connectivity index (χ3v) is 3.29. The minimum atomic E-state index is -0.962. The highest BCUT2D eigenvalue weighted by Gasteiger charge is 2.08. The van der Waals surface area contributed by atoms with Crippen molar-refractivity contribution in [1.82, 2.24) is 0 Å². The zero-order valence-corrected chi connectivity index (χ0v) is 10.1. The summed E-state index contributed by atoms with van der Waals surface area (Å²) in [5.74, 6) is -0.962. The van der Waals surface area contributed by atoms with E-state index in [1.807, 2.05) is 18.4 Å². The van der Waals surface area contributed by atoms with Crippen LogP contribution in [0.5, 0.6) is 0 Å². The Bertz CT molecular complexity index is 546. The number of carbonyl (C=O) groups is 1. The molecule has 16 heavy (non-hydrogen) atoms. The lowest BCUT2D eigenvalue weighted by Gasteiger charge is -2.01. The van der Waals surface area contributed by atoms with Gasteiger partial charge in [-0.3, -0.25) is 0 Å². The van der Waals surface area contributed by atoms with Gasteiger partial charge in [-0.05, 0) is 47.7 Å². The lowest BCUT2D eigenvalue weighted by atomic mass is 10.1. The van der Waals surface area contributed by atoms with Gasteiger partial charge in [0, 0.05) is 9.90 Å². The molecular weight excluding hydrogens is 244 g/mol. The second-order valence-electron chi connectivity index (χ2n) is 3.48. The number of halogens is 1.